The zero-order valence-corrected chi connectivity index (χ0v) is 29.7. The molecule has 0 bridgehead atoms. The summed E-state index contributed by atoms with van der Waals surface area (Å²) in [4.78, 5) is 63.4. The average molecular weight is 698 g/mol. The molecular weight excluding hydrogens is 651 g/mol. The summed E-state index contributed by atoms with van der Waals surface area (Å²) in [5.74, 6) is -1.67. The number of rotatable bonds is 17. The van der Waals surface area contributed by atoms with Gasteiger partial charge in [-0.25, -0.2) is 4.98 Å². The highest BCUT2D eigenvalue weighted by atomic mass is 32.1. The molecule has 12 heteroatoms. The number of aryl methyl sites for hydroxylation is 2. The van der Waals surface area contributed by atoms with Gasteiger partial charge in [-0.1, -0.05) is 93.6 Å². The number of para-hydroxylation sites is 1. The number of nitrogens with zero attached hydrogens (tertiary/aromatic N) is 2. The number of thiazole rings is 1. The van der Waals surface area contributed by atoms with Crippen molar-refractivity contribution in [1.29, 1.82) is 0 Å². The van der Waals surface area contributed by atoms with Crippen molar-refractivity contribution >= 4 is 51.0 Å². The summed E-state index contributed by atoms with van der Waals surface area (Å²) >= 11 is 1.26. The van der Waals surface area contributed by atoms with E-state index in [0.29, 0.717) is 31.2 Å². The zero-order chi connectivity index (χ0) is 36.1. The second-order valence-corrected chi connectivity index (χ2v) is 14.3. The van der Waals surface area contributed by atoms with Crippen molar-refractivity contribution in [2.24, 2.45) is 21.9 Å². The van der Waals surface area contributed by atoms with Gasteiger partial charge >= 0.3 is 0 Å². The molecule has 3 aromatic carbocycles. The molecule has 264 valence electrons. The molecule has 1 aromatic heterocycles. The number of fused-ring (bicyclic) bond motifs is 1. The molecule has 50 heavy (non-hydrogen) atoms. The van der Waals surface area contributed by atoms with Gasteiger partial charge in [0.2, 0.25) is 23.5 Å². The highest BCUT2D eigenvalue weighted by Gasteiger charge is 2.37. The number of benzene rings is 3. The van der Waals surface area contributed by atoms with E-state index in [1.165, 1.54) is 11.3 Å². The van der Waals surface area contributed by atoms with Crippen LogP contribution >= 0.6 is 11.3 Å². The maximum absolute atomic E-state index is 14.0. The summed E-state index contributed by atoms with van der Waals surface area (Å²) in [6.45, 7) is 5.77. The number of ketones is 1. The minimum Gasteiger partial charge on any atom is -0.370 e. The molecule has 4 aromatic rings. The SMILES string of the molecule is CC(C)(C)[C@H](NC(=O)[C@H](CCc1ccccc1)NC(=O)CCc1ccccc1)C(=O)N[C@@H](CCCN=C(N)N)C(=O)c1nc2ccccc2s1. The Hall–Kier alpha value is -5.10. The lowest BCUT2D eigenvalue weighted by atomic mass is 9.85. The van der Waals surface area contributed by atoms with Crippen LogP contribution in [-0.4, -0.2) is 59.1 Å². The van der Waals surface area contributed by atoms with Gasteiger partial charge in [-0.3, -0.25) is 24.2 Å². The molecule has 0 fully saturated rings. The van der Waals surface area contributed by atoms with E-state index in [2.05, 4.69) is 25.9 Å². The van der Waals surface area contributed by atoms with E-state index in [1.54, 1.807) is 0 Å². The number of amides is 3. The van der Waals surface area contributed by atoms with Gasteiger partial charge < -0.3 is 27.4 Å². The molecule has 0 saturated carbocycles. The van der Waals surface area contributed by atoms with E-state index in [1.807, 2.05) is 106 Å². The van der Waals surface area contributed by atoms with E-state index in [0.717, 1.165) is 15.8 Å². The molecule has 3 amide bonds. The number of Topliss-reactive ketones (excluding diaryl/α,β-unsaturated/α-hetero) is 1. The molecule has 11 nitrogen and oxygen atoms in total. The van der Waals surface area contributed by atoms with Gasteiger partial charge in [-0.05, 0) is 60.8 Å². The molecule has 0 radical (unpaired) electrons. The van der Waals surface area contributed by atoms with Crippen LogP contribution in [0.25, 0.3) is 10.2 Å². The Balaban J connectivity index is 1.51. The fraction of sp³-hybridized carbons (Fsp3) is 0.368. The third-order valence-electron chi connectivity index (χ3n) is 8.20. The fourth-order valence-electron chi connectivity index (χ4n) is 5.47. The number of hydrogen-bond acceptors (Lipinski definition) is 7. The first-order valence-electron chi connectivity index (χ1n) is 16.8. The molecule has 0 aliphatic carbocycles. The fourth-order valence-corrected chi connectivity index (χ4v) is 6.43. The lowest BCUT2D eigenvalue weighted by Gasteiger charge is -2.33. The Labute approximate surface area is 297 Å². The maximum atomic E-state index is 14.0. The van der Waals surface area contributed by atoms with Crippen LogP contribution in [0.2, 0.25) is 0 Å². The van der Waals surface area contributed by atoms with Crippen LogP contribution < -0.4 is 27.4 Å². The van der Waals surface area contributed by atoms with Gasteiger partial charge in [-0.2, -0.15) is 0 Å². The van der Waals surface area contributed by atoms with Crippen LogP contribution in [0.4, 0.5) is 0 Å². The standard InChI is InChI=1S/C38H47N7O4S/c1-38(2,3)33(35(49)43-28(18-12-24-41-37(39)40)32(47)36-44-27-17-10-11-19-30(27)50-36)45-34(48)29(22-20-25-13-6-4-7-14-25)42-31(46)23-21-26-15-8-5-9-16-26/h4-11,13-17,19,28-29,33H,12,18,20-24H2,1-3H3,(H,42,46)(H,43,49)(H,45,48)(H4,39,40,41)/t28-,29-,33+/m0/s1. The first-order chi connectivity index (χ1) is 23.9. The van der Waals surface area contributed by atoms with Crippen molar-refractivity contribution in [1.82, 2.24) is 20.9 Å². The van der Waals surface area contributed by atoms with Crippen LogP contribution in [0.1, 0.15) is 67.4 Å². The first-order valence-corrected chi connectivity index (χ1v) is 17.7. The molecule has 7 N–H and O–H groups in total. The topological polar surface area (TPSA) is 182 Å². The number of nitrogens with one attached hydrogen (secondary N) is 3. The van der Waals surface area contributed by atoms with Crippen LogP contribution in [-0.2, 0) is 27.2 Å². The molecule has 3 atom stereocenters. The number of aliphatic imine (C=N–C) groups is 1. The highest BCUT2D eigenvalue weighted by molar-refractivity contribution is 7.20. The second kappa shape index (κ2) is 18.1. The third kappa shape index (κ3) is 11.5. The number of aromatic nitrogens is 1. The van der Waals surface area contributed by atoms with Crippen LogP contribution in [0.3, 0.4) is 0 Å². The van der Waals surface area contributed by atoms with Crippen molar-refractivity contribution in [2.75, 3.05) is 6.54 Å². The van der Waals surface area contributed by atoms with Crippen molar-refractivity contribution in [3.05, 3.63) is 101 Å². The Bertz CT molecular complexity index is 1730. The van der Waals surface area contributed by atoms with Crippen LogP contribution in [0.5, 0.6) is 0 Å². The van der Waals surface area contributed by atoms with E-state index < -0.39 is 35.4 Å². The molecule has 4 rings (SSSR count). The number of guanidine groups is 1. The number of hydrogen-bond donors (Lipinski definition) is 5. The number of nitrogens with two attached hydrogens (primary N) is 2. The molecular formula is C38H47N7O4S. The van der Waals surface area contributed by atoms with Gasteiger partial charge in [0.05, 0.1) is 16.3 Å². The zero-order valence-electron chi connectivity index (χ0n) is 28.9. The van der Waals surface area contributed by atoms with E-state index in [4.69, 9.17) is 11.5 Å². The van der Waals surface area contributed by atoms with Crippen LogP contribution in [0.15, 0.2) is 89.9 Å². The third-order valence-corrected chi connectivity index (χ3v) is 9.25. The Kier molecular flexibility index (Phi) is 13.6. The van der Waals surface area contributed by atoms with E-state index in [9.17, 15) is 19.2 Å². The Morgan fingerprint density at radius 3 is 2.00 bits per heavy atom. The largest absolute Gasteiger partial charge is 0.370 e. The molecule has 0 spiro atoms. The van der Waals surface area contributed by atoms with Crippen molar-refractivity contribution < 1.29 is 19.2 Å². The lowest BCUT2D eigenvalue weighted by Crippen LogP contribution is -2.59. The molecule has 0 unspecified atom stereocenters. The maximum Gasteiger partial charge on any atom is 0.243 e. The summed E-state index contributed by atoms with van der Waals surface area (Å²) in [6, 6.07) is 23.9. The van der Waals surface area contributed by atoms with Gasteiger partial charge in [-0.15, -0.1) is 11.3 Å². The first kappa shape index (κ1) is 37.7. The molecule has 1 heterocycles. The van der Waals surface area contributed by atoms with Gasteiger partial charge in [0.15, 0.2) is 11.0 Å². The van der Waals surface area contributed by atoms with Crippen LogP contribution in [0, 0.1) is 5.41 Å². The van der Waals surface area contributed by atoms with Crippen molar-refractivity contribution in [3.8, 4) is 0 Å². The second-order valence-electron chi connectivity index (χ2n) is 13.3. The predicted octanol–water partition coefficient (Wildman–Crippen LogP) is 4.30. The smallest absolute Gasteiger partial charge is 0.243 e. The lowest BCUT2D eigenvalue weighted by molar-refractivity contribution is -0.134. The van der Waals surface area contributed by atoms with Gasteiger partial charge in [0, 0.05) is 13.0 Å². The monoisotopic (exact) mass is 697 g/mol. The molecule has 0 saturated heterocycles. The predicted molar refractivity (Wildman–Crippen MR) is 199 cm³/mol. The van der Waals surface area contributed by atoms with Gasteiger partial charge in [0.25, 0.3) is 0 Å². The Morgan fingerprint density at radius 2 is 1.38 bits per heavy atom. The van der Waals surface area contributed by atoms with E-state index in [-0.39, 0.29) is 42.0 Å². The molecule has 0 aliphatic rings. The van der Waals surface area contributed by atoms with Gasteiger partial charge in [0.1, 0.15) is 12.1 Å². The average Bonchev–Trinajstić information content (AvgIpc) is 3.54. The summed E-state index contributed by atoms with van der Waals surface area (Å²) < 4.78 is 0.855. The highest BCUT2D eigenvalue weighted by Crippen LogP contribution is 2.25. The molecule has 0 aliphatic heterocycles. The quantitative estimate of drug-likeness (QED) is 0.0472. The Morgan fingerprint density at radius 1 is 0.760 bits per heavy atom. The number of carbonyl (C=O) groups excluding carboxylic acids is 4. The van der Waals surface area contributed by atoms with Crippen molar-refractivity contribution in [2.45, 2.75) is 77.4 Å². The number of carbonyl (C=O) groups is 4. The summed E-state index contributed by atoms with van der Waals surface area (Å²) in [7, 11) is 0. The normalized spacial score (nSPS) is 13.1. The summed E-state index contributed by atoms with van der Waals surface area (Å²) in [5, 5.41) is 9.00. The summed E-state index contributed by atoms with van der Waals surface area (Å²) in [5.41, 5.74) is 13.0. The van der Waals surface area contributed by atoms with E-state index >= 15 is 0 Å². The van der Waals surface area contributed by atoms with Crippen molar-refractivity contribution in [3.63, 3.8) is 0 Å². The summed E-state index contributed by atoms with van der Waals surface area (Å²) in [6.07, 6.45) is 2.27. The minimum absolute atomic E-state index is 0.0624. The minimum atomic E-state index is -1.03.